The molecule has 3 N–H and O–H groups in total. The summed E-state index contributed by atoms with van der Waals surface area (Å²) in [5.41, 5.74) is 8.87. The fraction of sp³-hybridized carbons (Fsp3) is 0.105. The van der Waals surface area contributed by atoms with E-state index in [1.807, 2.05) is 53.1 Å². The first-order valence-electron chi connectivity index (χ1n) is 7.82. The summed E-state index contributed by atoms with van der Waals surface area (Å²) < 4.78 is 8.08. The highest BCUT2D eigenvalue weighted by molar-refractivity contribution is 7.21. The number of benzene rings is 2. The molecule has 5 nitrogen and oxygen atoms in total. The molecule has 0 aliphatic rings. The second kappa shape index (κ2) is 6.14. The lowest BCUT2D eigenvalue weighted by atomic mass is 10.2. The quantitative estimate of drug-likeness (QED) is 0.580. The summed E-state index contributed by atoms with van der Waals surface area (Å²) >= 11 is 1.52. The number of para-hydroxylation sites is 1. The third-order valence-electron chi connectivity index (χ3n) is 4.12. The van der Waals surface area contributed by atoms with Gasteiger partial charge in [-0.15, -0.1) is 11.3 Å². The van der Waals surface area contributed by atoms with Crippen LogP contribution in [0, 0.1) is 0 Å². The van der Waals surface area contributed by atoms with E-state index in [-0.39, 0.29) is 5.75 Å². The highest BCUT2D eigenvalue weighted by atomic mass is 32.1. The predicted molar refractivity (Wildman–Crippen MR) is 101 cm³/mol. The Bertz CT molecular complexity index is 1000. The lowest BCUT2D eigenvalue weighted by Gasteiger charge is -2.07. The summed E-state index contributed by atoms with van der Waals surface area (Å²) in [5.74, 6) is 1.46. The highest BCUT2D eigenvalue weighted by Crippen LogP contribution is 2.40. The van der Waals surface area contributed by atoms with Gasteiger partial charge in [-0.2, -0.15) is 0 Å². The lowest BCUT2D eigenvalue weighted by Crippen LogP contribution is -2.03. The van der Waals surface area contributed by atoms with Crippen molar-refractivity contribution in [1.82, 2.24) is 9.55 Å². The Morgan fingerprint density at radius 3 is 2.64 bits per heavy atom. The Morgan fingerprint density at radius 1 is 1.16 bits per heavy atom. The summed E-state index contributed by atoms with van der Waals surface area (Å²) in [5, 5.41) is 11.1. The first-order valence-corrected chi connectivity index (χ1v) is 8.64. The SMILES string of the molecule is COc1ccc(Cn2cc(O)c(-c3nc4ccccc4s3)c2N)cc1. The zero-order valence-electron chi connectivity index (χ0n) is 13.6. The molecule has 0 spiro atoms. The van der Waals surface area contributed by atoms with Gasteiger partial charge < -0.3 is 20.1 Å². The van der Waals surface area contributed by atoms with E-state index in [2.05, 4.69) is 4.98 Å². The molecular weight excluding hydrogens is 334 g/mol. The smallest absolute Gasteiger partial charge is 0.145 e. The Kier molecular flexibility index (Phi) is 3.82. The van der Waals surface area contributed by atoms with E-state index in [4.69, 9.17) is 10.5 Å². The summed E-state index contributed by atoms with van der Waals surface area (Å²) in [6.07, 6.45) is 1.65. The van der Waals surface area contributed by atoms with Crippen LogP contribution in [0.4, 0.5) is 5.82 Å². The molecule has 0 radical (unpaired) electrons. The normalized spacial score (nSPS) is 11.1. The standard InChI is InChI=1S/C19H17N3O2S/c1-24-13-8-6-12(7-9-13)10-22-11-15(23)17(18(22)20)19-21-14-4-2-3-5-16(14)25-19/h2-9,11,23H,10,20H2,1H3. The van der Waals surface area contributed by atoms with E-state index >= 15 is 0 Å². The number of nitrogens with zero attached hydrogens (tertiary/aromatic N) is 2. The maximum Gasteiger partial charge on any atom is 0.145 e. The van der Waals surface area contributed by atoms with E-state index in [1.54, 1.807) is 13.3 Å². The van der Waals surface area contributed by atoms with Crippen molar-refractivity contribution in [2.24, 2.45) is 0 Å². The molecule has 0 amide bonds. The fourth-order valence-electron chi connectivity index (χ4n) is 2.81. The van der Waals surface area contributed by atoms with Gasteiger partial charge >= 0.3 is 0 Å². The van der Waals surface area contributed by atoms with Gasteiger partial charge in [0.05, 0.1) is 22.9 Å². The number of ether oxygens (including phenoxy) is 1. The molecule has 0 aliphatic heterocycles. The number of fused-ring (bicyclic) bond motifs is 1. The number of methoxy groups -OCH3 is 1. The van der Waals surface area contributed by atoms with Gasteiger partial charge in [0.15, 0.2) is 0 Å². The largest absolute Gasteiger partial charge is 0.506 e. The molecule has 0 saturated carbocycles. The summed E-state index contributed by atoms with van der Waals surface area (Å²) in [6.45, 7) is 0.564. The van der Waals surface area contributed by atoms with Crippen LogP contribution in [-0.4, -0.2) is 21.8 Å². The van der Waals surface area contributed by atoms with Crippen molar-refractivity contribution in [3.05, 3.63) is 60.3 Å². The number of aromatic hydroxyl groups is 1. The van der Waals surface area contributed by atoms with Gasteiger partial charge in [-0.3, -0.25) is 0 Å². The number of rotatable bonds is 4. The van der Waals surface area contributed by atoms with Crippen LogP contribution in [0.25, 0.3) is 20.8 Å². The maximum atomic E-state index is 10.4. The van der Waals surface area contributed by atoms with Gasteiger partial charge in [-0.25, -0.2) is 4.98 Å². The Labute approximate surface area is 148 Å². The number of aromatic nitrogens is 2. The zero-order chi connectivity index (χ0) is 17.4. The van der Waals surface area contributed by atoms with Crippen LogP contribution in [0.2, 0.25) is 0 Å². The molecule has 2 aromatic carbocycles. The van der Waals surface area contributed by atoms with Crippen molar-refractivity contribution in [3.8, 4) is 22.1 Å². The average Bonchev–Trinajstić information content (AvgIpc) is 3.16. The summed E-state index contributed by atoms with van der Waals surface area (Å²) in [7, 11) is 1.64. The molecule has 0 bridgehead atoms. The number of hydrogen-bond donors (Lipinski definition) is 2. The van der Waals surface area contributed by atoms with E-state index in [0.29, 0.717) is 17.9 Å². The predicted octanol–water partition coefficient (Wildman–Crippen LogP) is 4.11. The molecule has 25 heavy (non-hydrogen) atoms. The topological polar surface area (TPSA) is 73.3 Å². The molecular formula is C19H17N3O2S. The molecule has 2 heterocycles. The van der Waals surface area contributed by atoms with Crippen molar-refractivity contribution in [2.45, 2.75) is 6.54 Å². The van der Waals surface area contributed by atoms with E-state index in [1.165, 1.54) is 11.3 Å². The van der Waals surface area contributed by atoms with Crippen molar-refractivity contribution in [2.75, 3.05) is 12.8 Å². The van der Waals surface area contributed by atoms with Crippen LogP contribution in [0.3, 0.4) is 0 Å². The van der Waals surface area contributed by atoms with Gasteiger partial charge in [0.1, 0.15) is 22.3 Å². The molecule has 2 aromatic heterocycles. The maximum absolute atomic E-state index is 10.4. The van der Waals surface area contributed by atoms with E-state index < -0.39 is 0 Å². The van der Waals surface area contributed by atoms with E-state index in [0.717, 1.165) is 26.5 Å². The van der Waals surface area contributed by atoms with Gasteiger partial charge in [-0.05, 0) is 29.8 Å². The minimum atomic E-state index is 0.144. The molecule has 0 aliphatic carbocycles. The minimum Gasteiger partial charge on any atom is -0.506 e. The van der Waals surface area contributed by atoms with Gasteiger partial charge in [0, 0.05) is 12.7 Å². The molecule has 6 heteroatoms. The van der Waals surface area contributed by atoms with Crippen molar-refractivity contribution < 1.29 is 9.84 Å². The zero-order valence-corrected chi connectivity index (χ0v) is 14.5. The van der Waals surface area contributed by atoms with Gasteiger partial charge in [0.2, 0.25) is 0 Å². The molecule has 0 saturated heterocycles. The van der Waals surface area contributed by atoms with Crippen molar-refractivity contribution in [3.63, 3.8) is 0 Å². The first-order chi connectivity index (χ1) is 12.2. The van der Waals surface area contributed by atoms with Crippen LogP contribution in [0.15, 0.2) is 54.7 Å². The van der Waals surface area contributed by atoms with Crippen LogP contribution in [0.5, 0.6) is 11.5 Å². The van der Waals surface area contributed by atoms with Crippen LogP contribution < -0.4 is 10.5 Å². The molecule has 0 atom stereocenters. The molecule has 126 valence electrons. The third-order valence-corrected chi connectivity index (χ3v) is 5.17. The van der Waals surface area contributed by atoms with Crippen molar-refractivity contribution >= 4 is 27.4 Å². The number of nitrogen functional groups attached to an aromatic ring is 1. The monoisotopic (exact) mass is 351 g/mol. The van der Waals surface area contributed by atoms with Crippen LogP contribution in [0.1, 0.15) is 5.56 Å². The van der Waals surface area contributed by atoms with Crippen LogP contribution >= 0.6 is 11.3 Å². The minimum absolute atomic E-state index is 0.144. The number of anilines is 1. The molecule has 4 rings (SSSR count). The second-order valence-electron chi connectivity index (χ2n) is 5.74. The average molecular weight is 351 g/mol. The molecule has 0 unspecified atom stereocenters. The van der Waals surface area contributed by atoms with Crippen LogP contribution in [-0.2, 0) is 6.54 Å². The van der Waals surface area contributed by atoms with Crippen molar-refractivity contribution in [1.29, 1.82) is 0 Å². The second-order valence-corrected chi connectivity index (χ2v) is 6.77. The number of hydrogen-bond acceptors (Lipinski definition) is 5. The van der Waals surface area contributed by atoms with Gasteiger partial charge in [-0.1, -0.05) is 24.3 Å². The highest BCUT2D eigenvalue weighted by Gasteiger charge is 2.18. The number of nitrogens with two attached hydrogens (primary N) is 1. The van der Waals surface area contributed by atoms with E-state index in [9.17, 15) is 5.11 Å². The number of thiazole rings is 1. The molecule has 4 aromatic rings. The Morgan fingerprint density at radius 2 is 1.92 bits per heavy atom. The summed E-state index contributed by atoms with van der Waals surface area (Å²) in [6, 6.07) is 15.7. The Hall–Kier alpha value is -2.99. The lowest BCUT2D eigenvalue weighted by molar-refractivity contribution is 0.414. The molecule has 0 fully saturated rings. The summed E-state index contributed by atoms with van der Waals surface area (Å²) in [4.78, 5) is 4.60. The van der Waals surface area contributed by atoms with Gasteiger partial charge in [0.25, 0.3) is 0 Å². The Balaban J connectivity index is 1.70. The first kappa shape index (κ1) is 15.5. The fourth-order valence-corrected chi connectivity index (χ4v) is 3.84. The third kappa shape index (κ3) is 2.81.